The molecule has 0 saturated heterocycles. The first-order chi connectivity index (χ1) is 11.8. The maximum Gasteiger partial charge on any atom is 0.231 e. The highest BCUT2D eigenvalue weighted by molar-refractivity contribution is 7.14. The average molecular weight is 358 g/mol. The number of hydrogen-bond acceptors (Lipinski definition) is 6. The van der Waals surface area contributed by atoms with Crippen LogP contribution in [0.2, 0.25) is 0 Å². The van der Waals surface area contributed by atoms with Crippen LogP contribution in [0.3, 0.4) is 0 Å². The molecule has 0 radical (unpaired) electrons. The summed E-state index contributed by atoms with van der Waals surface area (Å²) >= 11 is 2.98. The Bertz CT molecular complexity index is 859. The van der Waals surface area contributed by atoms with E-state index in [1.54, 1.807) is 11.3 Å². The molecule has 0 unspecified atom stereocenters. The van der Waals surface area contributed by atoms with Gasteiger partial charge >= 0.3 is 0 Å². The standard InChI is InChI=1S/C17H14N2O3S2/c20-16(9-12-2-1-7-23-12)19-17-18-13(10-24-17)11-3-4-14-15(8-11)22-6-5-21-14/h1-4,7-8,10H,5-6,9H2,(H,18,19,20). The van der Waals surface area contributed by atoms with Crippen molar-refractivity contribution in [1.82, 2.24) is 4.98 Å². The third-order valence-corrected chi connectivity index (χ3v) is 5.14. The fourth-order valence-corrected chi connectivity index (χ4v) is 3.84. The Kier molecular flexibility index (Phi) is 4.18. The molecule has 5 nitrogen and oxygen atoms in total. The third kappa shape index (κ3) is 3.27. The number of nitrogens with one attached hydrogen (secondary N) is 1. The fraction of sp³-hybridized carbons (Fsp3) is 0.176. The molecule has 0 bridgehead atoms. The summed E-state index contributed by atoms with van der Waals surface area (Å²) < 4.78 is 11.1. The topological polar surface area (TPSA) is 60.5 Å². The van der Waals surface area contributed by atoms with Gasteiger partial charge in [0.15, 0.2) is 16.6 Å². The van der Waals surface area contributed by atoms with Gasteiger partial charge in [0, 0.05) is 15.8 Å². The van der Waals surface area contributed by atoms with E-state index in [-0.39, 0.29) is 5.91 Å². The number of carbonyl (C=O) groups is 1. The van der Waals surface area contributed by atoms with E-state index in [2.05, 4.69) is 10.3 Å². The van der Waals surface area contributed by atoms with E-state index in [0.29, 0.717) is 24.8 Å². The number of fused-ring (bicyclic) bond motifs is 1. The quantitative estimate of drug-likeness (QED) is 0.770. The van der Waals surface area contributed by atoms with Gasteiger partial charge in [-0.1, -0.05) is 6.07 Å². The second-order valence-corrected chi connectivity index (χ2v) is 7.09. The number of rotatable bonds is 4. The van der Waals surface area contributed by atoms with Crippen molar-refractivity contribution < 1.29 is 14.3 Å². The van der Waals surface area contributed by atoms with Crippen LogP contribution in [0.5, 0.6) is 11.5 Å². The monoisotopic (exact) mass is 358 g/mol. The molecule has 4 rings (SSSR count). The highest BCUT2D eigenvalue weighted by atomic mass is 32.1. The number of ether oxygens (including phenoxy) is 2. The molecule has 2 aromatic heterocycles. The Morgan fingerprint density at radius 3 is 2.88 bits per heavy atom. The number of benzene rings is 1. The van der Waals surface area contributed by atoms with Crippen LogP contribution in [-0.2, 0) is 11.2 Å². The van der Waals surface area contributed by atoms with Crippen LogP contribution in [0.15, 0.2) is 41.1 Å². The molecule has 0 fully saturated rings. The van der Waals surface area contributed by atoms with E-state index in [0.717, 1.165) is 27.6 Å². The largest absolute Gasteiger partial charge is 0.486 e. The summed E-state index contributed by atoms with van der Waals surface area (Å²) in [6.07, 6.45) is 0.372. The highest BCUT2D eigenvalue weighted by Crippen LogP contribution is 2.35. The minimum atomic E-state index is -0.0551. The molecule has 0 spiro atoms. The Morgan fingerprint density at radius 1 is 1.17 bits per heavy atom. The summed E-state index contributed by atoms with van der Waals surface area (Å²) in [5.74, 6) is 1.43. The number of hydrogen-bond donors (Lipinski definition) is 1. The summed E-state index contributed by atoms with van der Waals surface area (Å²) in [4.78, 5) is 17.6. The van der Waals surface area contributed by atoms with E-state index in [1.807, 2.05) is 41.1 Å². The molecule has 0 aliphatic carbocycles. The zero-order chi connectivity index (χ0) is 16.4. The smallest absolute Gasteiger partial charge is 0.231 e. The van der Waals surface area contributed by atoms with Gasteiger partial charge in [0.25, 0.3) is 0 Å². The number of thiazole rings is 1. The van der Waals surface area contributed by atoms with Gasteiger partial charge in [0.05, 0.1) is 12.1 Å². The summed E-state index contributed by atoms with van der Waals surface area (Å²) in [5.41, 5.74) is 1.75. The lowest BCUT2D eigenvalue weighted by atomic mass is 10.1. The first-order valence-electron chi connectivity index (χ1n) is 7.46. The number of aromatic nitrogens is 1. The lowest BCUT2D eigenvalue weighted by molar-refractivity contribution is -0.115. The lowest BCUT2D eigenvalue weighted by Gasteiger charge is -2.18. The van der Waals surface area contributed by atoms with Gasteiger partial charge in [-0.05, 0) is 29.6 Å². The van der Waals surface area contributed by atoms with Gasteiger partial charge in [-0.25, -0.2) is 4.98 Å². The fourth-order valence-electron chi connectivity index (χ4n) is 2.40. The van der Waals surface area contributed by atoms with Crippen molar-refractivity contribution in [3.8, 4) is 22.8 Å². The summed E-state index contributed by atoms with van der Waals surface area (Å²) in [6, 6.07) is 9.64. The van der Waals surface area contributed by atoms with E-state index < -0.39 is 0 Å². The first kappa shape index (κ1) is 15.2. The normalized spacial score (nSPS) is 12.8. The van der Waals surface area contributed by atoms with Crippen LogP contribution in [0.25, 0.3) is 11.3 Å². The van der Waals surface area contributed by atoms with Gasteiger partial charge in [0.1, 0.15) is 13.2 Å². The Labute approximate surface area is 146 Å². The predicted octanol–water partition coefficient (Wildman–Crippen LogP) is 3.82. The van der Waals surface area contributed by atoms with E-state index in [1.165, 1.54) is 11.3 Å². The van der Waals surface area contributed by atoms with Crippen LogP contribution in [-0.4, -0.2) is 24.1 Å². The number of amides is 1. The molecular weight excluding hydrogens is 344 g/mol. The second kappa shape index (κ2) is 6.62. The zero-order valence-electron chi connectivity index (χ0n) is 12.7. The SMILES string of the molecule is O=C(Cc1cccs1)Nc1nc(-c2ccc3c(c2)OCCO3)cs1. The molecular formula is C17H14N2O3S2. The van der Waals surface area contributed by atoms with Crippen molar-refractivity contribution in [3.63, 3.8) is 0 Å². The minimum Gasteiger partial charge on any atom is -0.486 e. The van der Waals surface area contributed by atoms with Crippen LogP contribution in [0.4, 0.5) is 5.13 Å². The van der Waals surface area contributed by atoms with Crippen molar-refractivity contribution in [2.24, 2.45) is 0 Å². The van der Waals surface area contributed by atoms with E-state index in [9.17, 15) is 4.79 Å². The van der Waals surface area contributed by atoms with Crippen molar-refractivity contribution in [1.29, 1.82) is 0 Å². The molecule has 1 aliphatic heterocycles. The third-order valence-electron chi connectivity index (χ3n) is 3.50. The van der Waals surface area contributed by atoms with Gasteiger partial charge in [0.2, 0.25) is 5.91 Å². The molecule has 1 amide bonds. The summed E-state index contributed by atoms with van der Waals surface area (Å²) in [7, 11) is 0. The number of thiophene rings is 1. The molecule has 1 aromatic carbocycles. The second-order valence-electron chi connectivity index (χ2n) is 5.20. The molecule has 0 saturated carbocycles. The van der Waals surface area contributed by atoms with Crippen LogP contribution >= 0.6 is 22.7 Å². The van der Waals surface area contributed by atoms with Crippen molar-refractivity contribution in [2.45, 2.75) is 6.42 Å². The minimum absolute atomic E-state index is 0.0551. The lowest BCUT2D eigenvalue weighted by Crippen LogP contribution is -2.15. The Balaban J connectivity index is 1.47. The predicted molar refractivity (Wildman–Crippen MR) is 95.2 cm³/mol. The molecule has 0 atom stereocenters. The number of carbonyl (C=O) groups excluding carboxylic acids is 1. The van der Waals surface area contributed by atoms with Crippen LogP contribution in [0.1, 0.15) is 4.88 Å². The Morgan fingerprint density at radius 2 is 2.04 bits per heavy atom. The van der Waals surface area contributed by atoms with E-state index in [4.69, 9.17) is 9.47 Å². The molecule has 7 heteroatoms. The molecule has 1 aliphatic rings. The van der Waals surface area contributed by atoms with Crippen LogP contribution in [0, 0.1) is 0 Å². The molecule has 24 heavy (non-hydrogen) atoms. The van der Waals surface area contributed by atoms with Crippen molar-refractivity contribution in [3.05, 3.63) is 46.0 Å². The molecule has 1 N–H and O–H groups in total. The van der Waals surface area contributed by atoms with Crippen LogP contribution < -0.4 is 14.8 Å². The molecule has 122 valence electrons. The highest BCUT2D eigenvalue weighted by Gasteiger charge is 2.14. The number of nitrogens with zero attached hydrogens (tertiary/aromatic N) is 1. The van der Waals surface area contributed by atoms with Gasteiger partial charge < -0.3 is 14.8 Å². The maximum atomic E-state index is 12.0. The molecule has 3 heterocycles. The van der Waals surface area contributed by atoms with Crippen molar-refractivity contribution in [2.75, 3.05) is 18.5 Å². The van der Waals surface area contributed by atoms with Gasteiger partial charge in [-0.15, -0.1) is 22.7 Å². The maximum absolute atomic E-state index is 12.0. The zero-order valence-corrected chi connectivity index (χ0v) is 14.3. The first-order valence-corrected chi connectivity index (χ1v) is 9.22. The van der Waals surface area contributed by atoms with Gasteiger partial charge in [-0.2, -0.15) is 0 Å². The number of anilines is 1. The summed E-state index contributed by atoms with van der Waals surface area (Å²) in [5, 5.41) is 7.34. The molecule has 3 aromatic rings. The Hall–Kier alpha value is -2.38. The van der Waals surface area contributed by atoms with Crippen molar-refractivity contribution >= 4 is 33.7 Å². The summed E-state index contributed by atoms with van der Waals surface area (Å²) in [6.45, 7) is 1.13. The van der Waals surface area contributed by atoms with E-state index >= 15 is 0 Å². The average Bonchev–Trinajstić information content (AvgIpc) is 3.26. The van der Waals surface area contributed by atoms with Gasteiger partial charge in [-0.3, -0.25) is 4.79 Å².